The lowest BCUT2D eigenvalue weighted by Crippen LogP contribution is -2.53. The van der Waals surface area contributed by atoms with Gasteiger partial charge >= 0.3 is 0 Å². The summed E-state index contributed by atoms with van der Waals surface area (Å²) in [6.07, 6.45) is -0.789. The van der Waals surface area contributed by atoms with Crippen molar-refractivity contribution in [3.05, 3.63) is 0 Å². The number of nitrogens with one attached hydrogen (secondary N) is 1. The van der Waals surface area contributed by atoms with Gasteiger partial charge in [-0.25, -0.2) is 0 Å². The van der Waals surface area contributed by atoms with E-state index >= 15 is 0 Å². The van der Waals surface area contributed by atoms with E-state index in [1.807, 2.05) is 30.1 Å². The van der Waals surface area contributed by atoms with E-state index in [1.165, 1.54) is 0 Å². The van der Waals surface area contributed by atoms with Gasteiger partial charge in [0.15, 0.2) is 0 Å². The number of aliphatic hydroxyl groups is 1. The number of likely N-dealkylation sites (N-methyl/N-ethyl adjacent to an activating group) is 1. The summed E-state index contributed by atoms with van der Waals surface area (Å²) < 4.78 is 10.7. The molecule has 0 fully saturated rings. The molecule has 0 saturated heterocycles. The summed E-state index contributed by atoms with van der Waals surface area (Å²) >= 11 is 1.82. The van der Waals surface area contributed by atoms with Gasteiger partial charge in [-0.2, -0.15) is 0 Å². The van der Waals surface area contributed by atoms with Crippen LogP contribution >= 0.6 is 23.0 Å². The Morgan fingerprint density at radius 3 is 1.93 bits per heavy atom. The summed E-state index contributed by atoms with van der Waals surface area (Å²) in [5.41, 5.74) is 0. The lowest BCUT2D eigenvalue weighted by Gasteiger charge is -2.34. The predicted molar refractivity (Wildman–Crippen MR) is 69.1 cm³/mol. The minimum atomic E-state index is -0.532. The zero-order valence-electron chi connectivity index (χ0n) is 10.0. The fourth-order valence-corrected chi connectivity index (χ4v) is 2.52. The first kappa shape index (κ1) is 15.6. The molecule has 0 heterocycles. The minimum Gasteiger partial charge on any atom is -0.391 e. The Morgan fingerprint density at radius 1 is 1.20 bits per heavy atom. The third kappa shape index (κ3) is 4.52. The van der Waals surface area contributed by atoms with Crippen molar-refractivity contribution >= 4 is 23.0 Å². The Balaban J connectivity index is 4.68. The van der Waals surface area contributed by atoms with E-state index in [1.54, 1.807) is 14.0 Å². The number of hydrogen-bond acceptors (Lipinski definition) is 4. The lowest BCUT2D eigenvalue weighted by atomic mass is 9.93. The van der Waals surface area contributed by atoms with Crippen LogP contribution in [0.1, 0.15) is 20.8 Å². The Kier molecular flexibility index (Phi) is 8.08. The van der Waals surface area contributed by atoms with Gasteiger partial charge in [-0.05, 0) is 19.9 Å². The van der Waals surface area contributed by atoms with Crippen LogP contribution in [-0.4, -0.2) is 43.6 Å². The SMILES string of the molecule is CNC(C(OI)[C@@H](C)O)[C@@H](OC)C(C)C. The van der Waals surface area contributed by atoms with E-state index in [4.69, 9.17) is 7.80 Å². The monoisotopic (exact) mass is 331 g/mol. The van der Waals surface area contributed by atoms with Gasteiger partial charge in [-0.3, -0.25) is 0 Å². The van der Waals surface area contributed by atoms with Gasteiger partial charge in [0.2, 0.25) is 0 Å². The quantitative estimate of drug-likeness (QED) is 0.692. The first-order valence-corrected chi connectivity index (χ1v) is 6.03. The molecule has 2 N–H and O–H groups in total. The molecule has 0 aromatic rings. The first-order valence-electron chi connectivity index (χ1n) is 5.15. The summed E-state index contributed by atoms with van der Waals surface area (Å²) in [6, 6.07) is -0.0214. The molecule has 0 amide bonds. The molecule has 0 aliphatic carbocycles. The van der Waals surface area contributed by atoms with Gasteiger partial charge in [0.1, 0.15) is 29.1 Å². The number of rotatable bonds is 7. The molecule has 0 saturated carbocycles. The summed E-state index contributed by atoms with van der Waals surface area (Å²) in [6.45, 7) is 5.90. The molecule has 0 radical (unpaired) electrons. The molecular weight excluding hydrogens is 309 g/mol. The summed E-state index contributed by atoms with van der Waals surface area (Å²) in [4.78, 5) is 0. The van der Waals surface area contributed by atoms with Crippen LogP contribution in [0.15, 0.2) is 0 Å². The second-order valence-electron chi connectivity index (χ2n) is 4.05. The van der Waals surface area contributed by atoms with Crippen LogP contribution in [-0.2, 0) is 7.80 Å². The third-order valence-electron chi connectivity index (χ3n) is 2.55. The van der Waals surface area contributed by atoms with Crippen molar-refractivity contribution in [1.82, 2.24) is 5.32 Å². The van der Waals surface area contributed by atoms with E-state index < -0.39 is 6.10 Å². The van der Waals surface area contributed by atoms with Crippen molar-refractivity contribution in [1.29, 1.82) is 0 Å². The Bertz CT molecular complexity index is 151. The van der Waals surface area contributed by atoms with Crippen molar-refractivity contribution < 1.29 is 12.9 Å². The zero-order valence-corrected chi connectivity index (χ0v) is 12.2. The van der Waals surface area contributed by atoms with Crippen LogP contribution in [0.3, 0.4) is 0 Å². The Hall–Kier alpha value is 0.570. The van der Waals surface area contributed by atoms with Gasteiger partial charge < -0.3 is 18.2 Å². The molecule has 4 nitrogen and oxygen atoms in total. The Morgan fingerprint density at radius 2 is 1.73 bits per heavy atom. The molecular formula is C10H22INO3. The number of methoxy groups -OCH3 is 1. The highest BCUT2D eigenvalue weighted by atomic mass is 127. The van der Waals surface area contributed by atoms with Crippen LogP contribution in [0.5, 0.6) is 0 Å². The van der Waals surface area contributed by atoms with Gasteiger partial charge in [0, 0.05) is 7.11 Å². The molecule has 0 rings (SSSR count). The second-order valence-corrected chi connectivity index (χ2v) is 4.56. The molecule has 0 aliphatic heterocycles. The maximum atomic E-state index is 9.61. The summed E-state index contributed by atoms with van der Waals surface area (Å²) in [5.74, 6) is 0.361. The van der Waals surface area contributed by atoms with Gasteiger partial charge in [-0.1, -0.05) is 13.8 Å². The van der Waals surface area contributed by atoms with Crippen LogP contribution in [0.4, 0.5) is 0 Å². The average molecular weight is 331 g/mol. The van der Waals surface area contributed by atoms with Crippen molar-refractivity contribution in [2.24, 2.45) is 5.92 Å². The maximum absolute atomic E-state index is 9.61. The largest absolute Gasteiger partial charge is 0.391 e. The van der Waals surface area contributed by atoms with E-state index in [-0.39, 0.29) is 18.2 Å². The number of hydrogen-bond donors (Lipinski definition) is 2. The van der Waals surface area contributed by atoms with Crippen molar-refractivity contribution in [3.63, 3.8) is 0 Å². The molecule has 92 valence electrons. The normalized spacial score (nSPS) is 20.0. The molecule has 0 aromatic carbocycles. The molecule has 5 heteroatoms. The zero-order chi connectivity index (χ0) is 12.0. The standard InChI is InChI=1S/C10H22INO3/c1-6(2)9(14-5)8(12-4)10(15-11)7(3)13/h6-10,12-13H,1-5H3/t7-,8?,9+,10?/m1/s1. The second kappa shape index (κ2) is 7.78. The fraction of sp³-hybridized carbons (Fsp3) is 1.00. The average Bonchev–Trinajstić information content (AvgIpc) is 2.16. The summed E-state index contributed by atoms with van der Waals surface area (Å²) in [5, 5.41) is 12.8. The van der Waals surface area contributed by atoms with Crippen molar-refractivity contribution in [2.75, 3.05) is 14.2 Å². The van der Waals surface area contributed by atoms with E-state index in [2.05, 4.69) is 19.2 Å². The molecule has 2 unspecified atom stereocenters. The van der Waals surface area contributed by atoms with Crippen LogP contribution in [0.2, 0.25) is 0 Å². The van der Waals surface area contributed by atoms with Crippen LogP contribution in [0.25, 0.3) is 0 Å². The fourth-order valence-electron chi connectivity index (χ4n) is 1.78. The highest BCUT2D eigenvalue weighted by Crippen LogP contribution is 2.19. The molecule has 0 aromatic heterocycles. The van der Waals surface area contributed by atoms with E-state index in [9.17, 15) is 5.11 Å². The smallest absolute Gasteiger partial charge is 0.113 e. The van der Waals surface area contributed by atoms with Crippen LogP contribution in [0, 0.1) is 5.92 Å². The van der Waals surface area contributed by atoms with Crippen LogP contribution < -0.4 is 5.32 Å². The van der Waals surface area contributed by atoms with Gasteiger partial charge in [-0.15, -0.1) is 0 Å². The first-order chi connectivity index (χ1) is 6.99. The maximum Gasteiger partial charge on any atom is 0.113 e. The summed E-state index contributed by atoms with van der Waals surface area (Å²) in [7, 11) is 3.53. The molecule has 4 atom stereocenters. The van der Waals surface area contributed by atoms with E-state index in [0.717, 1.165) is 0 Å². The van der Waals surface area contributed by atoms with Crippen molar-refractivity contribution in [3.8, 4) is 0 Å². The highest BCUT2D eigenvalue weighted by Gasteiger charge is 2.33. The number of halogens is 1. The number of ether oxygens (including phenoxy) is 1. The Labute approximate surface area is 106 Å². The van der Waals surface area contributed by atoms with Crippen molar-refractivity contribution in [2.45, 2.75) is 45.1 Å². The minimum absolute atomic E-state index is 0.0179. The predicted octanol–water partition coefficient (Wildman–Crippen LogP) is 1.36. The van der Waals surface area contributed by atoms with Gasteiger partial charge in [0.25, 0.3) is 0 Å². The molecule has 0 bridgehead atoms. The van der Waals surface area contributed by atoms with E-state index in [0.29, 0.717) is 5.92 Å². The number of aliphatic hydroxyl groups excluding tert-OH is 1. The lowest BCUT2D eigenvalue weighted by molar-refractivity contribution is -0.0297. The third-order valence-corrected chi connectivity index (χ3v) is 3.14. The highest BCUT2D eigenvalue weighted by molar-refractivity contribution is 14.1. The molecule has 15 heavy (non-hydrogen) atoms. The molecule has 0 aliphatic rings. The van der Waals surface area contributed by atoms with Gasteiger partial charge in [0.05, 0.1) is 18.2 Å². The molecule has 0 spiro atoms. The topological polar surface area (TPSA) is 50.7 Å².